The van der Waals surface area contributed by atoms with E-state index in [-0.39, 0.29) is 11.5 Å². The predicted molar refractivity (Wildman–Crippen MR) is 75.1 cm³/mol. The summed E-state index contributed by atoms with van der Waals surface area (Å²) in [5.74, 6) is 0.683. The molecular weight excluding hydrogens is 238 g/mol. The highest BCUT2D eigenvalue weighted by Gasteiger charge is 2.41. The summed E-state index contributed by atoms with van der Waals surface area (Å²) < 4.78 is 6.01. The van der Waals surface area contributed by atoms with Gasteiger partial charge in [-0.25, -0.2) is 0 Å². The van der Waals surface area contributed by atoms with Gasteiger partial charge in [0.15, 0.2) is 0 Å². The molecule has 1 atom stereocenters. The van der Waals surface area contributed by atoms with Crippen LogP contribution in [0.1, 0.15) is 64.2 Å². The van der Waals surface area contributed by atoms with Gasteiger partial charge in [0.1, 0.15) is 5.78 Å². The van der Waals surface area contributed by atoms with E-state index < -0.39 is 0 Å². The Morgan fingerprint density at radius 2 is 1.84 bits per heavy atom. The molecule has 0 amide bonds. The molecular formula is C16H27NO2. The molecule has 0 aromatic rings. The van der Waals surface area contributed by atoms with Crippen molar-refractivity contribution >= 4 is 5.78 Å². The summed E-state index contributed by atoms with van der Waals surface area (Å²) in [7, 11) is 0. The monoisotopic (exact) mass is 265 g/mol. The van der Waals surface area contributed by atoms with E-state index in [0.717, 1.165) is 19.4 Å². The first-order chi connectivity index (χ1) is 9.27. The molecule has 0 bridgehead atoms. The molecule has 0 radical (unpaired) electrons. The van der Waals surface area contributed by atoms with Gasteiger partial charge in [-0.3, -0.25) is 4.79 Å². The van der Waals surface area contributed by atoms with Crippen LogP contribution < -0.4 is 5.32 Å². The van der Waals surface area contributed by atoms with Crippen molar-refractivity contribution in [3.8, 4) is 0 Å². The number of carbonyl (C=O) groups excluding carboxylic acids is 1. The molecule has 1 unspecified atom stereocenters. The molecule has 1 N–H and O–H groups in total. The Balaban J connectivity index is 1.48. The van der Waals surface area contributed by atoms with Gasteiger partial charge in [0, 0.05) is 18.6 Å². The summed E-state index contributed by atoms with van der Waals surface area (Å²) in [6, 6.07) is 0.601. The largest absolute Gasteiger partial charge is 0.375 e. The van der Waals surface area contributed by atoms with Gasteiger partial charge in [-0.1, -0.05) is 25.7 Å². The van der Waals surface area contributed by atoms with Crippen molar-refractivity contribution in [1.82, 2.24) is 5.32 Å². The van der Waals surface area contributed by atoms with E-state index in [2.05, 4.69) is 5.32 Å². The van der Waals surface area contributed by atoms with Gasteiger partial charge in [-0.2, -0.15) is 0 Å². The lowest BCUT2D eigenvalue weighted by Crippen LogP contribution is -2.43. The highest BCUT2D eigenvalue weighted by molar-refractivity contribution is 5.83. The lowest BCUT2D eigenvalue weighted by Gasteiger charge is -2.37. The molecule has 3 heteroatoms. The van der Waals surface area contributed by atoms with E-state index in [1.165, 1.54) is 51.4 Å². The Bertz CT molecular complexity index is 317. The van der Waals surface area contributed by atoms with Crippen LogP contribution in [0.2, 0.25) is 0 Å². The van der Waals surface area contributed by atoms with Crippen molar-refractivity contribution in [1.29, 1.82) is 0 Å². The van der Waals surface area contributed by atoms with E-state index in [1.54, 1.807) is 0 Å². The van der Waals surface area contributed by atoms with Gasteiger partial charge in [-0.05, 0) is 38.5 Å². The second-order valence-electron chi connectivity index (χ2n) is 6.76. The molecule has 1 saturated heterocycles. The first-order valence-corrected chi connectivity index (χ1v) is 8.18. The normalized spacial score (nSPS) is 31.1. The van der Waals surface area contributed by atoms with Gasteiger partial charge < -0.3 is 10.1 Å². The predicted octanol–water partition coefficient (Wildman–Crippen LogP) is 2.83. The van der Waals surface area contributed by atoms with E-state index in [4.69, 9.17) is 4.74 Å². The summed E-state index contributed by atoms with van der Waals surface area (Å²) in [5.41, 5.74) is 0.0753. The van der Waals surface area contributed by atoms with E-state index in [0.29, 0.717) is 18.4 Å². The maximum Gasteiger partial charge on any atom is 0.149 e. The van der Waals surface area contributed by atoms with Gasteiger partial charge in [0.2, 0.25) is 0 Å². The Labute approximate surface area is 116 Å². The minimum absolute atomic E-state index is 0.0753. The summed E-state index contributed by atoms with van der Waals surface area (Å²) in [5, 5.41) is 3.47. The Morgan fingerprint density at radius 1 is 1.11 bits per heavy atom. The van der Waals surface area contributed by atoms with Gasteiger partial charge >= 0.3 is 0 Å². The molecule has 1 aliphatic heterocycles. The van der Waals surface area contributed by atoms with Crippen molar-refractivity contribution in [3.05, 3.63) is 0 Å². The highest BCUT2D eigenvalue weighted by atomic mass is 16.5. The SMILES string of the molecule is O=C(CNC1CCCC1)C1CCOC2(CCCC2)C1. The number of nitrogens with one attached hydrogen (secondary N) is 1. The van der Waals surface area contributed by atoms with Gasteiger partial charge in [0.05, 0.1) is 12.1 Å². The standard InChI is InChI=1S/C16H27NO2/c18-15(12-17-14-5-1-2-6-14)13-7-10-19-16(11-13)8-3-4-9-16/h13-14,17H,1-12H2. The van der Waals surface area contributed by atoms with Crippen LogP contribution in [-0.2, 0) is 9.53 Å². The van der Waals surface area contributed by atoms with Crippen LogP contribution >= 0.6 is 0 Å². The number of rotatable bonds is 4. The number of hydrogen-bond acceptors (Lipinski definition) is 3. The van der Waals surface area contributed by atoms with Crippen molar-refractivity contribution in [3.63, 3.8) is 0 Å². The van der Waals surface area contributed by atoms with E-state index >= 15 is 0 Å². The van der Waals surface area contributed by atoms with E-state index in [9.17, 15) is 4.79 Å². The average molecular weight is 265 g/mol. The molecule has 19 heavy (non-hydrogen) atoms. The fourth-order valence-corrected chi connectivity index (χ4v) is 4.19. The van der Waals surface area contributed by atoms with Crippen molar-refractivity contribution in [2.45, 2.75) is 75.9 Å². The molecule has 108 valence electrons. The molecule has 1 spiro atoms. The third-order valence-corrected chi connectivity index (χ3v) is 5.38. The van der Waals surface area contributed by atoms with Crippen LogP contribution in [-0.4, -0.2) is 30.6 Å². The van der Waals surface area contributed by atoms with Crippen LogP contribution in [0.4, 0.5) is 0 Å². The lowest BCUT2D eigenvalue weighted by molar-refractivity contribution is -0.135. The zero-order valence-corrected chi connectivity index (χ0v) is 12.0. The van der Waals surface area contributed by atoms with Crippen LogP contribution in [0, 0.1) is 5.92 Å². The zero-order chi connectivity index (χ0) is 13.1. The van der Waals surface area contributed by atoms with Crippen molar-refractivity contribution in [2.75, 3.05) is 13.2 Å². The van der Waals surface area contributed by atoms with Crippen LogP contribution in [0.25, 0.3) is 0 Å². The summed E-state index contributed by atoms with van der Waals surface area (Å²) in [4.78, 5) is 12.4. The quantitative estimate of drug-likeness (QED) is 0.849. The molecule has 2 saturated carbocycles. The molecule has 3 nitrogen and oxygen atoms in total. The molecule has 1 heterocycles. The summed E-state index contributed by atoms with van der Waals surface area (Å²) in [6.07, 6.45) is 12.0. The fraction of sp³-hybridized carbons (Fsp3) is 0.938. The molecule has 2 aliphatic carbocycles. The molecule has 3 rings (SSSR count). The smallest absolute Gasteiger partial charge is 0.149 e. The summed E-state index contributed by atoms with van der Waals surface area (Å²) in [6.45, 7) is 1.38. The molecule has 0 aromatic carbocycles. The van der Waals surface area contributed by atoms with Gasteiger partial charge in [-0.15, -0.1) is 0 Å². The fourth-order valence-electron chi connectivity index (χ4n) is 4.19. The zero-order valence-electron chi connectivity index (χ0n) is 12.0. The first kappa shape index (κ1) is 13.6. The van der Waals surface area contributed by atoms with E-state index in [1.807, 2.05) is 0 Å². The maximum atomic E-state index is 12.4. The number of ketones is 1. The molecule has 0 aromatic heterocycles. The third kappa shape index (κ3) is 3.19. The van der Waals surface area contributed by atoms with Crippen LogP contribution in [0.15, 0.2) is 0 Å². The Morgan fingerprint density at radius 3 is 2.58 bits per heavy atom. The molecule has 3 aliphatic rings. The minimum atomic E-state index is 0.0753. The van der Waals surface area contributed by atoms with Crippen molar-refractivity contribution < 1.29 is 9.53 Å². The third-order valence-electron chi connectivity index (χ3n) is 5.38. The van der Waals surface area contributed by atoms with Gasteiger partial charge in [0.25, 0.3) is 0 Å². The number of Topliss-reactive ketones (excluding diaryl/α,β-unsaturated/α-hetero) is 1. The first-order valence-electron chi connectivity index (χ1n) is 8.18. The minimum Gasteiger partial charge on any atom is -0.375 e. The number of carbonyl (C=O) groups is 1. The Hall–Kier alpha value is -0.410. The summed E-state index contributed by atoms with van der Waals surface area (Å²) >= 11 is 0. The van der Waals surface area contributed by atoms with Crippen molar-refractivity contribution in [2.24, 2.45) is 5.92 Å². The maximum absolute atomic E-state index is 12.4. The number of ether oxygens (including phenoxy) is 1. The average Bonchev–Trinajstić information content (AvgIpc) is 3.08. The number of hydrogen-bond donors (Lipinski definition) is 1. The van der Waals surface area contributed by atoms with Crippen LogP contribution in [0.3, 0.4) is 0 Å². The van der Waals surface area contributed by atoms with Crippen LogP contribution in [0.5, 0.6) is 0 Å². The lowest BCUT2D eigenvalue weighted by atomic mass is 9.82. The highest BCUT2D eigenvalue weighted by Crippen LogP contribution is 2.42. The topological polar surface area (TPSA) is 38.3 Å². The Kier molecular flexibility index (Phi) is 4.23. The second kappa shape index (κ2) is 5.92. The second-order valence-corrected chi connectivity index (χ2v) is 6.76. The molecule has 3 fully saturated rings.